The maximum Gasteiger partial charge on any atom is 0.191 e. The minimum Gasteiger partial charge on any atom is -0.496 e. The molecule has 0 aliphatic heterocycles. The van der Waals surface area contributed by atoms with Gasteiger partial charge in [-0.15, -0.1) is 24.0 Å². The zero-order chi connectivity index (χ0) is 18.8. The van der Waals surface area contributed by atoms with Crippen molar-refractivity contribution >= 4 is 29.9 Å². The summed E-state index contributed by atoms with van der Waals surface area (Å²) in [7, 11) is 1.70. The summed E-state index contributed by atoms with van der Waals surface area (Å²) in [5.74, 6) is 1.75. The fourth-order valence-corrected chi connectivity index (χ4v) is 3.80. The van der Waals surface area contributed by atoms with E-state index < -0.39 is 0 Å². The Hall–Kier alpha value is -1.02. The van der Waals surface area contributed by atoms with Gasteiger partial charge in [-0.25, -0.2) is 4.99 Å². The van der Waals surface area contributed by atoms with Gasteiger partial charge in [0.05, 0.1) is 13.7 Å². The number of nitrogens with one attached hydrogen (secondary N) is 2. The summed E-state index contributed by atoms with van der Waals surface area (Å²) in [5, 5.41) is 16.4. The number of benzene rings is 1. The highest BCUT2D eigenvalue weighted by Gasteiger charge is 2.31. The number of methoxy groups -OCH3 is 1. The summed E-state index contributed by atoms with van der Waals surface area (Å²) >= 11 is 0. The topological polar surface area (TPSA) is 65.9 Å². The first-order valence-corrected chi connectivity index (χ1v) is 9.89. The van der Waals surface area contributed by atoms with Crippen molar-refractivity contribution in [3.05, 3.63) is 29.3 Å². The number of hydrogen-bond acceptors (Lipinski definition) is 3. The molecule has 6 heteroatoms. The van der Waals surface area contributed by atoms with Crippen LogP contribution in [0.15, 0.2) is 23.2 Å². The van der Waals surface area contributed by atoms with Crippen LogP contribution in [0.1, 0.15) is 56.6 Å². The van der Waals surface area contributed by atoms with Crippen LogP contribution >= 0.6 is 24.0 Å². The fraction of sp³-hybridized carbons (Fsp3) is 0.667. The Morgan fingerprint density at radius 2 is 1.96 bits per heavy atom. The second-order valence-electron chi connectivity index (χ2n) is 7.39. The Morgan fingerprint density at radius 3 is 2.59 bits per heavy atom. The van der Waals surface area contributed by atoms with Crippen LogP contribution in [0.5, 0.6) is 5.75 Å². The standard InChI is InChI=1S/C21H35N3O2.HI/c1-4-22-20(23-15-18-9-8-17(2)19(14-18)26-3)24-16-21(12-13-25)10-6-5-7-11-21;/h8-9,14,25H,4-7,10-13,15-16H2,1-3H3,(H2,22,23,24);1H. The van der Waals surface area contributed by atoms with Crippen LogP contribution in [0.3, 0.4) is 0 Å². The van der Waals surface area contributed by atoms with E-state index in [0.29, 0.717) is 6.54 Å². The molecule has 1 aromatic carbocycles. The molecule has 0 radical (unpaired) electrons. The lowest BCUT2D eigenvalue weighted by molar-refractivity contribution is 0.131. The van der Waals surface area contributed by atoms with E-state index in [1.807, 2.05) is 6.92 Å². The molecule has 0 heterocycles. The Kier molecular flexibility index (Phi) is 11.1. The zero-order valence-electron chi connectivity index (χ0n) is 17.0. The van der Waals surface area contributed by atoms with E-state index in [-0.39, 0.29) is 36.0 Å². The number of aliphatic imine (C=N–C) groups is 1. The van der Waals surface area contributed by atoms with E-state index >= 15 is 0 Å². The van der Waals surface area contributed by atoms with Gasteiger partial charge in [-0.2, -0.15) is 0 Å². The molecule has 0 spiro atoms. The molecule has 154 valence electrons. The van der Waals surface area contributed by atoms with Gasteiger partial charge in [0.2, 0.25) is 0 Å². The zero-order valence-corrected chi connectivity index (χ0v) is 19.3. The van der Waals surface area contributed by atoms with E-state index in [4.69, 9.17) is 9.73 Å². The summed E-state index contributed by atoms with van der Waals surface area (Å²) in [6.07, 6.45) is 7.09. The van der Waals surface area contributed by atoms with Crippen molar-refractivity contribution in [3.63, 3.8) is 0 Å². The third-order valence-electron chi connectivity index (χ3n) is 5.42. The van der Waals surface area contributed by atoms with E-state index in [2.05, 4.69) is 35.8 Å². The predicted octanol–water partition coefficient (Wildman–Crippen LogP) is 4.01. The molecule has 1 saturated carbocycles. The maximum absolute atomic E-state index is 9.49. The Morgan fingerprint density at radius 1 is 1.22 bits per heavy atom. The van der Waals surface area contributed by atoms with Gasteiger partial charge in [0.1, 0.15) is 5.75 Å². The molecule has 1 aliphatic carbocycles. The van der Waals surface area contributed by atoms with Crippen LogP contribution in [0.25, 0.3) is 0 Å². The lowest BCUT2D eigenvalue weighted by atomic mass is 9.72. The molecule has 0 unspecified atom stereocenters. The summed E-state index contributed by atoms with van der Waals surface area (Å²) in [6.45, 7) is 6.70. The molecule has 1 fully saturated rings. The van der Waals surface area contributed by atoms with Gasteiger partial charge < -0.3 is 20.5 Å². The third-order valence-corrected chi connectivity index (χ3v) is 5.42. The van der Waals surface area contributed by atoms with E-state index in [1.165, 1.54) is 32.1 Å². The van der Waals surface area contributed by atoms with Crippen molar-refractivity contribution < 1.29 is 9.84 Å². The largest absolute Gasteiger partial charge is 0.496 e. The highest BCUT2D eigenvalue weighted by atomic mass is 127. The molecule has 0 aromatic heterocycles. The Balaban J connectivity index is 0.00000364. The van der Waals surface area contributed by atoms with E-state index in [1.54, 1.807) is 7.11 Å². The number of rotatable bonds is 8. The minimum absolute atomic E-state index is 0. The first-order valence-electron chi connectivity index (χ1n) is 9.89. The summed E-state index contributed by atoms with van der Waals surface area (Å²) in [6, 6.07) is 6.22. The minimum atomic E-state index is 0. The molecule has 0 atom stereocenters. The molecule has 0 saturated heterocycles. The summed E-state index contributed by atoms with van der Waals surface area (Å²) in [5.41, 5.74) is 2.47. The molecular weight excluding hydrogens is 453 g/mol. The first-order chi connectivity index (χ1) is 12.6. The monoisotopic (exact) mass is 489 g/mol. The van der Waals surface area contributed by atoms with Crippen molar-refractivity contribution in [2.75, 3.05) is 26.8 Å². The van der Waals surface area contributed by atoms with E-state index in [9.17, 15) is 5.11 Å². The van der Waals surface area contributed by atoms with Crippen molar-refractivity contribution in [1.82, 2.24) is 10.6 Å². The van der Waals surface area contributed by atoms with Crippen molar-refractivity contribution in [2.24, 2.45) is 10.4 Å². The predicted molar refractivity (Wildman–Crippen MR) is 123 cm³/mol. The van der Waals surface area contributed by atoms with Crippen LogP contribution in [0, 0.1) is 12.3 Å². The number of halogens is 1. The van der Waals surface area contributed by atoms with Crippen molar-refractivity contribution in [1.29, 1.82) is 0 Å². The Labute approximate surface area is 181 Å². The molecular formula is C21H36IN3O2. The van der Waals surface area contributed by atoms with Gasteiger partial charge >= 0.3 is 0 Å². The number of ether oxygens (including phenoxy) is 1. The third kappa shape index (κ3) is 7.49. The van der Waals surface area contributed by atoms with Crippen LogP contribution < -0.4 is 15.4 Å². The quantitative estimate of drug-likeness (QED) is 0.293. The lowest BCUT2D eigenvalue weighted by Crippen LogP contribution is -2.44. The SMILES string of the molecule is CCNC(=NCc1ccc(C)c(OC)c1)NCC1(CCO)CCCCC1.I. The number of aryl methyl sites for hydroxylation is 1. The van der Waals surface area contributed by atoms with Crippen LogP contribution in [0.4, 0.5) is 0 Å². The number of aliphatic hydroxyl groups excluding tert-OH is 1. The van der Waals surface area contributed by atoms with Crippen LogP contribution in [0.2, 0.25) is 0 Å². The first kappa shape index (κ1) is 24.0. The van der Waals surface area contributed by atoms with Crippen LogP contribution in [-0.2, 0) is 6.54 Å². The normalized spacial score (nSPS) is 16.4. The highest BCUT2D eigenvalue weighted by Crippen LogP contribution is 2.38. The molecule has 3 N–H and O–H groups in total. The highest BCUT2D eigenvalue weighted by molar-refractivity contribution is 14.0. The summed E-state index contributed by atoms with van der Waals surface area (Å²) < 4.78 is 5.40. The molecule has 5 nitrogen and oxygen atoms in total. The Bertz CT molecular complexity index is 581. The van der Waals surface area contributed by atoms with Gasteiger partial charge in [-0.05, 0) is 55.7 Å². The molecule has 0 bridgehead atoms. The lowest BCUT2D eigenvalue weighted by Gasteiger charge is -2.37. The molecule has 1 aliphatic rings. The number of hydrogen-bond donors (Lipinski definition) is 3. The van der Waals surface area contributed by atoms with Crippen molar-refractivity contribution in [3.8, 4) is 5.75 Å². The average Bonchev–Trinajstić information content (AvgIpc) is 2.66. The number of aliphatic hydroxyl groups is 1. The molecule has 2 rings (SSSR count). The van der Waals surface area contributed by atoms with Gasteiger partial charge in [0.15, 0.2) is 5.96 Å². The van der Waals surface area contributed by atoms with Crippen LogP contribution in [-0.4, -0.2) is 37.9 Å². The van der Waals surface area contributed by atoms with E-state index in [0.717, 1.165) is 42.3 Å². The molecule has 0 amide bonds. The van der Waals surface area contributed by atoms with Gasteiger partial charge in [-0.1, -0.05) is 31.4 Å². The second-order valence-corrected chi connectivity index (χ2v) is 7.39. The van der Waals surface area contributed by atoms with Gasteiger partial charge in [0.25, 0.3) is 0 Å². The van der Waals surface area contributed by atoms with Crippen molar-refractivity contribution in [2.45, 2.75) is 58.9 Å². The smallest absolute Gasteiger partial charge is 0.191 e. The van der Waals surface area contributed by atoms with Gasteiger partial charge in [0, 0.05) is 19.7 Å². The average molecular weight is 489 g/mol. The molecule has 1 aromatic rings. The summed E-state index contributed by atoms with van der Waals surface area (Å²) in [4.78, 5) is 4.74. The number of guanidine groups is 1. The molecule has 27 heavy (non-hydrogen) atoms. The van der Waals surface area contributed by atoms with Gasteiger partial charge in [-0.3, -0.25) is 0 Å². The number of nitrogens with zero attached hydrogens (tertiary/aromatic N) is 1. The second kappa shape index (κ2) is 12.4. The maximum atomic E-state index is 9.49. The fourth-order valence-electron chi connectivity index (χ4n) is 3.80.